The van der Waals surface area contributed by atoms with Gasteiger partial charge >= 0.3 is 0 Å². The zero-order chi connectivity index (χ0) is 6.85. The van der Waals surface area contributed by atoms with Gasteiger partial charge in [-0.1, -0.05) is 20.3 Å². The molecule has 1 saturated carbocycles. The fraction of sp³-hybridized carbons (Fsp3) is 1.00. The van der Waals surface area contributed by atoms with Crippen LogP contribution in [-0.2, 0) is 0 Å². The molecule has 1 rings (SSSR count). The summed E-state index contributed by atoms with van der Waals surface area (Å²) in [6.45, 7) is 5.47. The third kappa shape index (κ3) is 1.26. The Kier molecular flexibility index (Phi) is 2.12. The van der Waals surface area contributed by atoms with Gasteiger partial charge in [-0.25, -0.2) is 0 Å². The minimum absolute atomic E-state index is 0.758. The van der Waals surface area contributed by atoms with Gasteiger partial charge in [-0.05, 0) is 30.7 Å². The van der Waals surface area contributed by atoms with Crippen molar-refractivity contribution in [3.8, 4) is 0 Å². The second kappa shape index (κ2) is 2.70. The molecule has 0 amide bonds. The maximum Gasteiger partial charge on any atom is -0.00488 e. The van der Waals surface area contributed by atoms with Crippen LogP contribution in [0.1, 0.15) is 26.7 Å². The molecule has 9 heavy (non-hydrogen) atoms. The molecular weight excluding hydrogens is 110 g/mol. The third-order valence-corrected chi connectivity index (χ3v) is 2.79. The predicted octanol–water partition coefficient (Wildman–Crippen LogP) is 1.63. The van der Waals surface area contributed by atoms with Crippen LogP contribution in [0, 0.1) is 17.8 Å². The zero-order valence-corrected chi connectivity index (χ0v) is 6.43. The van der Waals surface area contributed by atoms with Gasteiger partial charge in [-0.2, -0.15) is 0 Å². The van der Waals surface area contributed by atoms with Gasteiger partial charge < -0.3 is 5.73 Å². The van der Waals surface area contributed by atoms with Crippen molar-refractivity contribution in [2.75, 3.05) is 6.54 Å². The van der Waals surface area contributed by atoms with E-state index in [9.17, 15) is 0 Å². The van der Waals surface area contributed by atoms with Crippen molar-refractivity contribution in [2.45, 2.75) is 26.7 Å². The Labute approximate surface area is 57.6 Å². The van der Waals surface area contributed by atoms with E-state index in [0.717, 1.165) is 24.3 Å². The summed E-state index contributed by atoms with van der Waals surface area (Å²) in [6.07, 6.45) is 2.84. The molecule has 1 aliphatic carbocycles. The second-order valence-corrected chi connectivity index (χ2v) is 3.43. The van der Waals surface area contributed by atoms with E-state index in [2.05, 4.69) is 13.8 Å². The van der Waals surface area contributed by atoms with Crippen LogP contribution in [0.25, 0.3) is 0 Å². The molecule has 2 N–H and O–H groups in total. The minimum atomic E-state index is 0.758. The molecule has 0 aromatic heterocycles. The third-order valence-electron chi connectivity index (χ3n) is 2.79. The number of hydrogen-bond acceptors (Lipinski definition) is 1. The van der Waals surface area contributed by atoms with Gasteiger partial charge in [-0.3, -0.25) is 0 Å². The highest BCUT2D eigenvalue weighted by atomic mass is 14.6. The van der Waals surface area contributed by atoms with Gasteiger partial charge in [0.2, 0.25) is 0 Å². The first kappa shape index (κ1) is 7.07. The zero-order valence-electron chi connectivity index (χ0n) is 6.43. The molecule has 3 unspecified atom stereocenters. The predicted molar refractivity (Wildman–Crippen MR) is 40.1 cm³/mol. The lowest BCUT2D eigenvalue weighted by Gasteiger charge is -2.38. The average molecular weight is 127 g/mol. The van der Waals surface area contributed by atoms with Gasteiger partial charge in [0.05, 0.1) is 0 Å². The first-order chi connectivity index (χ1) is 4.25. The van der Waals surface area contributed by atoms with Crippen LogP contribution >= 0.6 is 0 Å². The van der Waals surface area contributed by atoms with E-state index < -0.39 is 0 Å². The standard InChI is InChI=1S/C8H17N/c1-6-3-4-8(6)7(2)5-9/h6-8H,3-5,9H2,1-2H3. The number of rotatable bonds is 2. The Hall–Kier alpha value is -0.0400. The largest absolute Gasteiger partial charge is 0.330 e. The summed E-state index contributed by atoms with van der Waals surface area (Å²) in [7, 11) is 0. The lowest BCUT2D eigenvalue weighted by molar-refractivity contribution is 0.133. The Bertz CT molecular complexity index is 90.6. The van der Waals surface area contributed by atoms with E-state index in [4.69, 9.17) is 5.73 Å². The summed E-state index contributed by atoms with van der Waals surface area (Å²) < 4.78 is 0. The van der Waals surface area contributed by atoms with Gasteiger partial charge in [0, 0.05) is 0 Å². The van der Waals surface area contributed by atoms with Gasteiger partial charge in [0.25, 0.3) is 0 Å². The highest BCUT2D eigenvalue weighted by Gasteiger charge is 2.30. The molecule has 0 aromatic rings. The van der Waals surface area contributed by atoms with Crippen LogP contribution in [0.2, 0.25) is 0 Å². The van der Waals surface area contributed by atoms with Gasteiger partial charge in [0.1, 0.15) is 0 Å². The first-order valence-corrected chi connectivity index (χ1v) is 3.95. The normalized spacial score (nSPS) is 37.7. The van der Waals surface area contributed by atoms with Crippen molar-refractivity contribution in [3.63, 3.8) is 0 Å². The molecule has 0 radical (unpaired) electrons. The van der Waals surface area contributed by atoms with Crippen LogP contribution < -0.4 is 5.73 Å². The fourth-order valence-electron chi connectivity index (χ4n) is 1.71. The van der Waals surface area contributed by atoms with Crippen LogP contribution in [0.15, 0.2) is 0 Å². The Morgan fingerprint density at radius 3 is 2.33 bits per heavy atom. The summed E-state index contributed by atoms with van der Waals surface area (Å²) in [6, 6.07) is 0. The molecule has 1 nitrogen and oxygen atoms in total. The summed E-state index contributed by atoms with van der Waals surface area (Å²) >= 11 is 0. The van der Waals surface area contributed by atoms with Crippen LogP contribution in [0.5, 0.6) is 0 Å². The first-order valence-electron chi connectivity index (χ1n) is 3.95. The minimum Gasteiger partial charge on any atom is -0.330 e. The van der Waals surface area contributed by atoms with Gasteiger partial charge in [-0.15, -0.1) is 0 Å². The van der Waals surface area contributed by atoms with E-state index in [0.29, 0.717) is 0 Å². The molecule has 1 fully saturated rings. The molecule has 0 heterocycles. The maximum absolute atomic E-state index is 5.54. The summed E-state index contributed by atoms with van der Waals surface area (Å²) in [5.41, 5.74) is 5.54. The quantitative estimate of drug-likeness (QED) is 0.599. The average Bonchev–Trinajstić information content (AvgIpc) is 1.84. The highest BCUT2D eigenvalue weighted by Crippen LogP contribution is 2.38. The lowest BCUT2D eigenvalue weighted by atomic mass is 9.68. The molecule has 0 bridgehead atoms. The highest BCUT2D eigenvalue weighted by molar-refractivity contribution is 4.81. The summed E-state index contributed by atoms with van der Waals surface area (Å²) in [5, 5.41) is 0. The van der Waals surface area contributed by atoms with Crippen molar-refractivity contribution >= 4 is 0 Å². The second-order valence-electron chi connectivity index (χ2n) is 3.43. The van der Waals surface area contributed by atoms with Crippen molar-refractivity contribution in [1.82, 2.24) is 0 Å². The van der Waals surface area contributed by atoms with E-state index >= 15 is 0 Å². The van der Waals surface area contributed by atoms with E-state index in [-0.39, 0.29) is 0 Å². The van der Waals surface area contributed by atoms with Crippen molar-refractivity contribution in [3.05, 3.63) is 0 Å². The Balaban J connectivity index is 2.25. The fourth-order valence-corrected chi connectivity index (χ4v) is 1.71. The van der Waals surface area contributed by atoms with Crippen LogP contribution in [0.3, 0.4) is 0 Å². The Morgan fingerprint density at radius 2 is 2.22 bits per heavy atom. The van der Waals surface area contributed by atoms with E-state index in [1.165, 1.54) is 12.8 Å². The number of nitrogens with two attached hydrogens (primary N) is 1. The molecule has 0 spiro atoms. The lowest BCUT2D eigenvalue weighted by Crippen LogP contribution is -2.32. The smallest absolute Gasteiger partial charge is 0.00488 e. The molecular formula is C8H17N. The summed E-state index contributed by atoms with van der Waals surface area (Å²) in [4.78, 5) is 0. The van der Waals surface area contributed by atoms with Gasteiger partial charge in [0.15, 0.2) is 0 Å². The van der Waals surface area contributed by atoms with E-state index in [1.807, 2.05) is 0 Å². The topological polar surface area (TPSA) is 26.0 Å². The maximum atomic E-state index is 5.54. The van der Waals surface area contributed by atoms with Crippen LogP contribution in [-0.4, -0.2) is 6.54 Å². The molecule has 1 aliphatic rings. The van der Waals surface area contributed by atoms with Crippen LogP contribution in [0.4, 0.5) is 0 Å². The summed E-state index contributed by atoms with van der Waals surface area (Å²) in [5.74, 6) is 2.65. The molecule has 1 heteroatoms. The molecule has 0 aliphatic heterocycles. The molecule has 3 atom stereocenters. The SMILES string of the molecule is CC(CN)C1CCC1C. The van der Waals surface area contributed by atoms with Crippen molar-refractivity contribution in [2.24, 2.45) is 23.5 Å². The number of hydrogen-bond donors (Lipinski definition) is 1. The molecule has 0 saturated heterocycles. The van der Waals surface area contributed by atoms with Crippen molar-refractivity contribution < 1.29 is 0 Å². The Morgan fingerprint density at radius 1 is 1.56 bits per heavy atom. The monoisotopic (exact) mass is 127 g/mol. The van der Waals surface area contributed by atoms with Crippen molar-refractivity contribution in [1.29, 1.82) is 0 Å². The molecule has 0 aromatic carbocycles. The molecule has 54 valence electrons. The van der Waals surface area contributed by atoms with E-state index in [1.54, 1.807) is 0 Å².